The smallest absolute Gasteiger partial charge is 0.237 e. The SMILES string of the molecule is CC(C)=CCN1CCNC(=O)[C@H]1CC(=O)NC(c1ccccc1)c1ccccc1. The number of benzene rings is 2. The zero-order valence-electron chi connectivity index (χ0n) is 17.1. The maximum absolute atomic E-state index is 13.0. The first-order valence-electron chi connectivity index (χ1n) is 10.1. The number of rotatable bonds is 7. The molecule has 1 aliphatic rings. The van der Waals surface area contributed by atoms with Crippen molar-refractivity contribution in [2.24, 2.45) is 0 Å². The van der Waals surface area contributed by atoms with Gasteiger partial charge in [-0.15, -0.1) is 0 Å². The molecule has 2 aromatic carbocycles. The first kappa shape index (κ1) is 20.8. The Morgan fingerprint density at radius 1 is 1.10 bits per heavy atom. The second-order valence-corrected chi connectivity index (χ2v) is 7.61. The summed E-state index contributed by atoms with van der Waals surface area (Å²) in [5, 5.41) is 6.03. The van der Waals surface area contributed by atoms with E-state index >= 15 is 0 Å². The Bertz CT molecular complexity index is 805. The summed E-state index contributed by atoms with van der Waals surface area (Å²) in [5.74, 6) is -0.212. The minimum atomic E-state index is -0.452. The number of hydrogen-bond acceptors (Lipinski definition) is 3. The summed E-state index contributed by atoms with van der Waals surface area (Å²) in [7, 11) is 0. The quantitative estimate of drug-likeness (QED) is 0.713. The van der Waals surface area contributed by atoms with E-state index in [1.54, 1.807) is 0 Å². The molecule has 5 heteroatoms. The molecule has 0 aromatic heterocycles. The number of carbonyl (C=O) groups excluding carboxylic acids is 2. The number of hydrogen-bond donors (Lipinski definition) is 2. The minimum Gasteiger partial charge on any atom is -0.353 e. The van der Waals surface area contributed by atoms with Gasteiger partial charge in [0.15, 0.2) is 0 Å². The predicted molar refractivity (Wildman–Crippen MR) is 115 cm³/mol. The maximum atomic E-state index is 13.0. The summed E-state index contributed by atoms with van der Waals surface area (Å²) in [5.41, 5.74) is 3.23. The van der Waals surface area contributed by atoms with Crippen LogP contribution in [-0.2, 0) is 9.59 Å². The lowest BCUT2D eigenvalue weighted by molar-refractivity contribution is -0.133. The lowest BCUT2D eigenvalue weighted by Gasteiger charge is -2.34. The van der Waals surface area contributed by atoms with Crippen molar-refractivity contribution in [3.8, 4) is 0 Å². The van der Waals surface area contributed by atoms with Gasteiger partial charge >= 0.3 is 0 Å². The van der Waals surface area contributed by atoms with E-state index in [0.717, 1.165) is 17.7 Å². The zero-order chi connectivity index (χ0) is 20.6. The minimum absolute atomic E-state index is 0.0791. The molecular weight excluding hydrogens is 362 g/mol. The molecule has 0 unspecified atom stereocenters. The van der Waals surface area contributed by atoms with Crippen molar-refractivity contribution < 1.29 is 9.59 Å². The van der Waals surface area contributed by atoms with Crippen LogP contribution in [0.1, 0.15) is 37.4 Å². The molecule has 2 amide bonds. The van der Waals surface area contributed by atoms with E-state index in [2.05, 4.69) is 21.6 Å². The molecule has 152 valence electrons. The third-order valence-electron chi connectivity index (χ3n) is 5.13. The standard InChI is InChI=1S/C24H29N3O2/c1-18(2)13-15-27-16-14-25-24(29)21(27)17-22(28)26-23(19-9-5-3-6-10-19)20-11-7-4-8-12-20/h3-13,21,23H,14-17H2,1-2H3,(H,25,29)(H,26,28)/t21-/m1/s1. The van der Waals surface area contributed by atoms with Gasteiger partial charge in [-0.3, -0.25) is 14.5 Å². The number of nitrogens with zero attached hydrogens (tertiary/aromatic N) is 1. The van der Waals surface area contributed by atoms with Crippen molar-refractivity contribution in [3.63, 3.8) is 0 Å². The number of allylic oxidation sites excluding steroid dienone is 1. The summed E-state index contributed by atoms with van der Waals surface area (Å²) in [6, 6.07) is 19.1. The molecule has 0 saturated carbocycles. The Balaban J connectivity index is 1.75. The molecular formula is C24H29N3O2. The summed E-state index contributed by atoms with van der Waals surface area (Å²) in [4.78, 5) is 27.5. The van der Waals surface area contributed by atoms with Crippen molar-refractivity contribution in [1.82, 2.24) is 15.5 Å². The van der Waals surface area contributed by atoms with Gasteiger partial charge in [-0.2, -0.15) is 0 Å². The fourth-order valence-corrected chi connectivity index (χ4v) is 3.55. The van der Waals surface area contributed by atoms with Crippen LogP contribution < -0.4 is 10.6 Å². The van der Waals surface area contributed by atoms with Crippen molar-refractivity contribution in [1.29, 1.82) is 0 Å². The molecule has 1 heterocycles. The summed E-state index contributed by atoms with van der Waals surface area (Å²) in [6.07, 6.45) is 2.23. The fourth-order valence-electron chi connectivity index (χ4n) is 3.55. The van der Waals surface area contributed by atoms with Gasteiger partial charge in [0.05, 0.1) is 18.5 Å². The van der Waals surface area contributed by atoms with Crippen molar-refractivity contribution in [3.05, 3.63) is 83.4 Å². The van der Waals surface area contributed by atoms with Crippen LogP contribution in [0.5, 0.6) is 0 Å². The van der Waals surface area contributed by atoms with Crippen LogP contribution >= 0.6 is 0 Å². The first-order valence-corrected chi connectivity index (χ1v) is 10.1. The van der Waals surface area contributed by atoms with E-state index in [4.69, 9.17) is 0 Å². The average molecular weight is 392 g/mol. The van der Waals surface area contributed by atoms with E-state index in [1.165, 1.54) is 5.57 Å². The average Bonchev–Trinajstić information content (AvgIpc) is 2.73. The van der Waals surface area contributed by atoms with Gasteiger partial charge in [0.2, 0.25) is 11.8 Å². The Kier molecular flexibility index (Phi) is 7.19. The highest BCUT2D eigenvalue weighted by atomic mass is 16.2. The lowest BCUT2D eigenvalue weighted by Crippen LogP contribution is -2.56. The highest BCUT2D eigenvalue weighted by Crippen LogP contribution is 2.22. The van der Waals surface area contributed by atoms with Gasteiger partial charge in [0.1, 0.15) is 0 Å². The van der Waals surface area contributed by atoms with Crippen LogP contribution in [-0.4, -0.2) is 42.4 Å². The van der Waals surface area contributed by atoms with Gasteiger partial charge < -0.3 is 10.6 Å². The van der Waals surface area contributed by atoms with Crippen LogP contribution in [0.25, 0.3) is 0 Å². The van der Waals surface area contributed by atoms with Crippen LogP contribution in [0.4, 0.5) is 0 Å². The van der Waals surface area contributed by atoms with Crippen molar-refractivity contribution in [2.45, 2.75) is 32.4 Å². The molecule has 1 fully saturated rings. The van der Waals surface area contributed by atoms with Crippen molar-refractivity contribution in [2.75, 3.05) is 19.6 Å². The summed E-state index contributed by atoms with van der Waals surface area (Å²) >= 11 is 0. The molecule has 1 atom stereocenters. The molecule has 1 saturated heterocycles. The fraction of sp³-hybridized carbons (Fsp3) is 0.333. The third-order valence-corrected chi connectivity index (χ3v) is 5.13. The van der Waals surface area contributed by atoms with Crippen LogP contribution in [0.3, 0.4) is 0 Å². The molecule has 0 spiro atoms. The van der Waals surface area contributed by atoms with Crippen LogP contribution in [0.2, 0.25) is 0 Å². The van der Waals surface area contributed by atoms with Crippen LogP contribution in [0, 0.1) is 0 Å². The first-order chi connectivity index (χ1) is 14.0. The normalized spacial score (nSPS) is 16.9. The molecule has 2 aromatic rings. The number of piperazine rings is 1. The van der Waals surface area contributed by atoms with Crippen molar-refractivity contribution >= 4 is 11.8 Å². The van der Waals surface area contributed by atoms with E-state index < -0.39 is 6.04 Å². The van der Waals surface area contributed by atoms with Gasteiger partial charge in [0.25, 0.3) is 0 Å². The summed E-state index contributed by atoms with van der Waals surface area (Å²) in [6.45, 7) is 6.11. The third kappa shape index (κ3) is 5.78. The molecule has 3 rings (SSSR count). The Morgan fingerprint density at radius 2 is 1.69 bits per heavy atom. The maximum Gasteiger partial charge on any atom is 0.237 e. The summed E-state index contributed by atoms with van der Waals surface area (Å²) < 4.78 is 0. The number of carbonyl (C=O) groups is 2. The largest absolute Gasteiger partial charge is 0.353 e. The Morgan fingerprint density at radius 3 is 2.24 bits per heavy atom. The van der Waals surface area contributed by atoms with E-state index in [-0.39, 0.29) is 24.3 Å². The van der Waals surface area contributed by atoms with Gasteiger partial charge in [-0.1, -0.05) is 72.3 Å². The molecule has 29 heavy (non-hydrogen) atoms. The van der Waals surface area contributed by atoms with E-state index in [9.17, 15) is 9.59 Å². The zero-order valence-corrected chi connectivity index (χ0v) is 17.1. The molecule has 0 bridgehead atoms. The van der Waals surface area contributed by atoms with Gasteiger partial charge in [-0.05, 0) is 25.0 Å². The Hall–Kier alpha value is -2.92. The van der Waals surface area contributed by atoms with Crippen LogP contribution in [0.15, 0.2) is 72.3 Å². The topological polar surface area (TPSA) is 61.4 Å². The highest BCUT2D eigenvalue weighted by molar-refractivity contribution is 5.89. The second-order valence-electron chi connectivity index (χ2n) is 7.61. The van der Waals surface area contributed by atoms with E-state index in [1.807, 2.05) is 74.5 Å². The predicted octanol–water partition coefficient (Wildman–Crippen LogP) is 3.05. The molecule has 0 radical (unpaired) electrons. The molecule has 5 nitrogen and oxygen atoms in total. The molecule has 1 aliphatic heterocycles. The van der Waals surface area contributed by atoms with Gasteiger partial charge in [-0.25, -0.2) is 0 Å². The molecule has 2 N–H and O–H groups in total. The number of amides is 2. The number of nitrogens with one attached hydrogen (secondary N) is 2. The second kappa shape index (κ2) is 10.0. The van der Waals surface area contributed by atoms with Gasteiger partial charge in [0, 0.05) is 19.6 Å². The Labute approximate surface area is 172 Å². The highest BCUT2D eigenvalue weighted by Gasteiger charge is 2.31. The monoisotopic (exact) mass is 391 g/mol. The van der Waals surface area contributed by atoms with E-state index in [0.29, 0.717) is 13.1 Å². The lowest BCUT2D eigenvalue weighted by atomic mass is 9.98. The molecule has 0 aliphatic carbocycles.